The van der Waals surface area contributed by atoms with E-state index in [9.17, 15) is 24.3 Å². The van der Waals surface area contributed by atoms with E-state index in [1.54, 1.807) is 20.8 Å². The average Bonchev–Trinajstić information content (AvgIpc) is 2.79. The Morgan fingerprint density at radius 2 is 1.64 bits per heavy atom. The molecule has 1 aromatic carbocycles. The molecule has 0 bridgehead atoms. The Labute approximate surface area is 212 Å². The monoisotopic (exact) mass is 505 g/mol. The largest absolute Gasteiger partial charge is 0.480 e. The predicted octanol–water partition coefficient (Wildman–Crippen LogP) is 2.00. The summed E-state index contributed by atoms with van der Waals surface area (Å²) in [4.78, 5) is 49.0. The van der Waals surface area contributed by atoms with Crippen molar-refractivity contribution in [1.82, 2.24) is 16.0 Å². The number of ether oxygens (including phenoxy) is 1. The van der Waals surface area contributed by atoms with E-state index in [0.29, 0.717) is 38.6 Å². The number of aliphatic carboxylic acids is 1. The van der Waals surface area contributed by atoms with E-state index in [2.05, 4.69) is 16.0 Å². The van der Waals surface area contributed by atoms with Gasteiger partial charge in [-0.2, -0.15) is 0 Å². The molecule has 0 saturated heterocycles. The van der Waals surface area contributed by atoms with Crippen LogP contribution in [0.3, 0.4) is 0 Å². The van der Waals surface area contributed by atoms with Crippen molar-refractivity contribution < 1.29 is 34.1 Å². The molecule has 2 rings (SSSR count). The van der Waals surface area contributed by atoms with E-state index in [4.69, 9.17) is 9.84 Å². The lowest BCUT2D eigenvalue weighted by molar-refractivity contribution is -0.145. The molecule has 10 heteroatoms. The van der Waals surface area contributed by atoms with Gasteiger partial charge in [-0.05, 0) is 64.9 Å². The van der Waals surface area contributed by atoms with Gasteiger partial charge in [0, 0.05) is 18.9 Å². The molecule has 1 saturated carbocycles. The van der Waals surface area contributed by atoms with Crippen molar-refractivity contribution in [2.24, 2.45) is 11.8 Å². The fourth-order valence-corrected chi connectivity index (χ4v) is 4.17. The maximum absolute atomic E-state index is 13.0. The first-order valence-corrected chi connectivity index (χ1v) is 12.4. The number of carboxylic acid groups (broad SMARTS) is 1. The van der Waals surface area contributed by atoms with E-state index < -0.39 is 35.9 Å². The highest BCUT2D eigenvalue weighted by Crippen LogP contribution is 2.28. The van der Waals surface area contributed by atoms with Gasteiger partial charge in [-0.25, -0.2) is 9.59 Å². The normalized spacial score (nSPS) is 20.4. The smallest absolute Gasteiger partial charge is 0.408 e. The number of aliphatic hydroxyl groups is 1. The summed E-state index contributed by atoms with van der Waals surface area (Å²) in [5.41, 5.74) is 0.208. The van der Waals surface area contributed by atoms with Gasteiger partial charge in [0.05, 0.1) is 6.10 Å². The Bertz CT molecular complexity index is 891. The van der Waals surface area contributed by atoms with Crippen LogP contribution in [0.5, 0.6) is 0 Å². The SMILES string of the molecule is CC(O)C(NC(=O)C1CCC(CNC(=O)C(Cc2ccccc2)NC(=O)OC(C)(C)C)CC1)C(=O)O. The van der Waals surface area contributed by atoms with Crippen LogP contribution in [-0.4, -0.2) is 64.4 Å². The molecule has 200 valence electrons. The molecule has 10 nitrogen and oxygen atoms in total. The van der Waals surface area contributed by atoms with Gasteiger partial charge in [0.15, 0.2) is 6.04 Å². The van der Waals surface area contributed by atoms with Crippen LogP contribution in [0.15, 0.2) is 30.3 Å². The first-order chi connectivity index (χ1) is 16.9. The number of benzene rings is 1. The zero-order valence-electron chi connectivity index (χ0n) is 21.5. The fraction of sp³-hybridized carbons (Fsp3) is 0.615. The van der Waals surface area contributed by atoms with Gasteiger partial charge < -0.3 is 30.9 Å². The summed E-state index contributed by atoms with van der Waals surface area (Å²) >= 11 is 0. The number of nitrogens with one attached hydrogen (secondary N) is 3. The minimum atomic E-state index is -1.34. The third-order valence-electron chi connectivity index (χ3n) is 6.12. The fourth-order valence-electron chi connectivity index (χ4n) is 4.17. The zero-order chi connectivity index (χ0) is 26.9. The molecule has 0 radical (unpaired) electrons. The summed E-state index contributed by atoms with van der Waals surface area (Å²) in [6.45, 7) is 6.98. The molecule has 0 heterocycles. The van der Waals surface area contributed by atoms with Gasteiger partial charge in [0.25, 0.3) is 0 Å². The van der Waals surface area contributed by atoms with Crippen molar-refractivity contribution in [3.63, 3.8) is 0 Å². The summed E-state index contributed by atoms with van der Waals surface area (Å²) in [5.74, 6) is -2.15. The van der Waals surface area contributed by atoms with Crippen molar-refractivity contribution in [3.8, 4) is 0 Å². The highest BCUT2D eigenvalue weighted by molar-refractivity contribution is 5.86. The molecule has 5 N–H and O–H groups in total. The molecule has 1 aliphatic carbocycles. The molecule has 0 spiro atoms. The van der Waals surface area contributed by atoms with Gasteiger partial charge in [0.1, 0.15) is 11.6 Å². The maximum atomic E-state index is 13.0. The first-order valence-electron chi connectivity index (χ1n) is 12.4. The average molecular weight is 506 g/mol. The minimum Gasteiger partial charge on any atom is -0.480 e. The second-order valence-corrected chi connectivity index (χ2v) is 10.4. The number of hydrogen-bond donors (Lipinski definition) is 5. The molecular formula is C26H39N3O7. The summed E-state index contributed by atoms with van der Waals surface area (Å²) in [6.07, 6.45) is 0.941. The van der Waals surface area contributed by atoms with E-state index in [0.717, 1.165) is 5.56 Å². The molecule has 3 atom stereocenters. The van der Waals surface area contributed by atoms with Gasteiger partial charge in [-0.1, -0.05) is 30.3 Å². The van der Waals surface area contributed by atoms with E-state index in [-0.39, 0.29) is 23.7 Å². The molecule has 3 unspecified atom stereocenters. The van der Waals surface area contributed by atoms with Crippen LogP contribution in [-0.2, 0) is 25.5 Å². The Morgan fingerprint density at radius 3 is 2.17 bits per heavy atom. The van der Waals surface area contributed by atoms with Gasteiger partial charge in [-0.15, -0.1) is 0 Å². The highest BCUT2D eigenvalue weighted by Gasteiger charge is 2.32. The second-order valence-electron chi connectivity index (χ2n) is 10.4. The second kappa shape index (κ2) is 13.2. The van der Waals surface area contributed by atoms with Crippen molar-refractivity contribution in [1.29, 1.82) is 0 Å². The predicted molar refractivity (Wildman–Crippen MR) is 133 cm³/mol. The van der Waals surface area contributed by atoms with Gasteiger partial charge in [0.2, 0.25) is 11.8 Å². The zero-order valence-corrected chi connectivity index (χ0v) is 21.5. The van der Waals surface area contributed by atoms with Crippen molar-refractivity contribution >= 4 is 23.9 Å². The lowest BCUT2D eigenvalue weighted by Gasteiger charge is -2.29. The molecule has 3 amide bonds. The maximum Gasteiger partial charge on any atom is 0.408 e. The number of amides is 3. The van der Waals surface area contributed by atoms with Crippen LogP contribution in [0, 0.1) is 11.8 Å². The number of alkyl carbamates (subject to hydrolysis) is 1. The lowest BCUT2D eigenvalue weighted by atomic mass is 9.81. The molecule has 0 aliphatic heterocycles. The van der Waals surface area contributed by atoms with E-state index in [1.165, 1.54) is 6.92 Å². The molecule has 1 fully saturated rings. The third kappa shape index (κ3) is 9.85. The molecule has 1 aliphatic rings. The number of carbonyl (C=O) groups is 4. The summed E-state index contributed by atoms with van der Waals surface area (Å²) in [7, 11) is 0. The van der Waals surface area contributed by atoms with Crippen LogP contribution in [0.4, 0.5) is 4.79 Å². The van der Waals surface area contributed by atoms with Crippen LogP contribution in [0.1, 0.15) is 58.9 Å². The Hall–Kier alpha value is -3.14. The number of carboxylic acids is 1. The Balaban J connectivity index is 1.89. The number of aliphatic hydroxyl groups excluding tert-OH is 1. The number of carbonyl (C=O) groups excluding carboxylic acids is 3. The van der Waals surface area contributed by atoms with Crippen LogP contribution in [0.2, 0.25) is 0 Å². The topological polar surface area (TPSA) is 154 Å². The Morgan fingerprint density at radius 1 is 1.03 bits per heavy atom. The summed E-state index contributed by atoms with van der Waals surface area (Å²) < 4.78 is 5.32. The third-order valence-corrected chi connectivity index (χ3v) is 6.12. The molecule has 1 aromatic rings. The standard InChI is InChI=1S/C26H39N3O7/c1-16(30)21(24(33)34)29-22(31)19-12-10-18(11-13-19)15-27-23(32)20(14-17-8-6-5-7-9-17)28-25(35)36-26(2,3)4/h5-9,16,18-21,30H,10-15H2,1-4H3,(H,27,32)(H,28,35)(H,29,31)(H,33,34). The van der Waals surface area contributed by atoms with Crippen molar-refractivity contribution in [2.45, 2.75) is 83.6 Å². The molecule has 36 heavy (non-hydrogen) atoms. The first kappa shape index (κ1) is 29.1. The van der Waals surface area contributed by atoms with Gasteiger partial charge >= 0.3 is 12.1 Å². The molecule has 0 aromatic heterocycles. The lowest BCUT2D eigenvalue weighted by Crippen LogP contribution is -2.51. The van der Waals surface area contributed by atoms with E-state index >= 15 is 0 Å². The summed E-state index contributed by atoms with van der Waals surface area (Å²) in [6, 6.07) is 7.23. The van der Waals surface area contributed by atoms with E-state index in [1.807, 2.05) is 30.3 Å². The van der Waals surface area contributed by atoms with Crippen molar-refractivity contribution in [3.05, 3.63) is 35.9 Å². The van der Waals surface area contributed by atoms with Crippen LogP contribution in [0.25, 0.3) is 0 Å². The quantitative estimate of drug-likeness (QED) is 0.326. The van der Waals surface area contributed by atoms with Gasteiger partial charge in [-0.3, -0.25) is 9.59 Å². The number of rotatable bonds is 10. The molecular weight excluding hydrogens is 466 g/mol. The minimum absolute atomic E-state index is 0.156. The van der Waals surface area contributed by atoms with Crippen LogP contribution >= 0.6 is 0 Å². The highest BCUT2D eigenvalue weighted by atomic mass is 16.6. The number of hydrogen-bond acceptors (Lipinski definition) is 6. The Kier molecular flexibility index (Phi) is 10.7. The van der Waals surface area contributed by atoms with Crippen molar-refractivity contribution in [2.75, 3.05) is 6.54 Å². The van der Waals surface area contributed by atoms with Crippen LogP contribution < -0.4 is 16.0 Å². The summed E-state index contributed by atoms with van der Waals surface area (Å²) in [5, 5.41) is 26.7.